The van der Waals surface area contributed by atoms with Crippen molar-refractivity contribution in [1.82, 2.24) is 0 Å². The number of hydrogen-bond acceptors (Lipinski definition) is 2. The van der Waals surface area contributed by atoms with Gasteiger partial charge in [0, 0.05) is 5.56 Å². The molecule has 0 aliphatic carbocycles. The lowest BCUT2D eigenvalue weighted by molar-refractivity contribution is 0.00578. The predicted octanol–water partition coefficient (Wildman–Crippen LogP) is 3.63. The molecule has 0 bridgehead atoms. The van der Waals surface area contributed by atoms with Crippen LogP contribution in [-0.4, -0.2) is 18.3 Å². The van der Waals surface area contributed by atoms with Crippen LogP contribution in [0.4, 0.5) is 4.39 Å². The average molecular weight is 248 g/mol. The molecule has 0 aromatic heterocycles. The molecule has 1 aromatic carbocycles. The minimum absolute atomic E-state index is 0.325. The fourth-order valence-electron chi connectivity index (χ4n) is 1.77. The first-order valence-electron chi connectivity index (χ1n) is 6.10. The highest BCUT2D eigenvalue weighted by atomic mass is 19.1. The molecule has 0 radical (unpaired) electrons. The van der Waals surface area contributed by atoms with Gasteiger partial charge in [-0.15, -0.1) is 0 Å². The molecule has 1 aromatic rings. The first kappa shape index (κ1) is 13.3. The Morgan fingerprint density at radius 1 is 1.06 bits per heavy atom. The number of benzene rings is 1. The summed E-state index contributed by atoms with van der Waals surface area (Å²) in [6, 6.07) is 8.89. The normalized spacial score (nSPS) is 22.3. The number of rotatable bonds is 2. The van der Waals surface area contributed by atoms with Crippen molar-refractivity contribution >= 4 is 12.9 Å². The lowest BCUT2D eigenvalue weighted by Crippen LogP contribution is -2.41. The van der Waals surface area contributed by atoms with E-state index in [1.54, 1.807) is 24.3 Å². The van der Waals surface area contributed by atoms with E-state index in [1.165, 1.54) is 5.98 Å². The van der Waals surface area contributed by atoms with Gasteiger partial charge in [-0.2, -0.15) is 0 Å². The summed E-state index contributed by atoms with van der Waals surface area (Å²) in [6.45, 7) is 7.78. The zero-order valence-corrected chi connectivity index (χ0v) is 11.2. The molecule has 18 heavy (non-hydrogen) atoms. The van der Waals surface area contributed by atoms with Gasteiger partial charge in [-0.05, 0) is 33.7 Å². The predicted molar refractivity (Wildman–Crippen MR) is 71.6 cm³/mol. The summed E-state index contributed by atoms with van der Waals surface area (Å²) >= 11 is 0. The molecule has 96 valence electrons. The fraction of sp³-hybridized carbons (Fsp3) is 0.429. The summed E-state index contributed by atoms with van der Waals surface area (Å²) < 4.78 is 25.4. The molecule has 1 saturated heterocycles. The molecule has 4 heteroatoms. The van der Waals surface area contributed by atoms with Gasteiger partial charge in [0.25, 0.3) is 0 Å². The maximum atomic E-state index is 14.0. The summed E-state index contributed by atoms with van der Waals surface area (Å²) in [7, 11) is -0.643. The molecule has 2 nitrogen and oxygen atoms in total. The zero-order valence-electron chi connectivity index (χ0n) is 11.2. The van der Waals surface area contributed by atoms with Crippen molar-refractivity contribution in [3.05, 3.63) is 41.9 Å². The van der Waals surface area contributed by atoms with Gasteiger partial charge in [0.05, 0.1) is 11.2 Å². The Hall–Kier alpha value is -1.13. The molecular weight excluding hydrogens is 230 g/mol. The minimum atomic E-state index is -0.643. The molecule has 1 aliphatic rings. The second-order valence-corrected chi connectivity index (χ2v) is 5.51. The van der Waals surface area contributed by atoms with E-state index >= 15 is 0 Å². The van der Waals surface area contributed by atoms with Crippen molar-refractivity contribution in [3.63, 3.8) is 0 Å². The maximum absolute atomic E-state index is 14.0. The van der Waals surface area contributed by atoms with Crippen LogP contribution in [0, 0.1) is 0 Å². The van der Waals surface area contributed by atoms with Gasteiger partial charge in [-0.1, -0.05) is 30.3 Å². The largest absolute Gasteiger partial charge is 0.490 e. The van der Waals surface area contributed by atoms with Gasteiger partial charge in [0.1, 0.15) is 5.83 Å². The molecule has 0 amide bonds. The van der Waals surface area contributed by atoms with Gasteiger partial charge >= 0.3 is 7.12 Å². The van der Waals surface area contributed by atoms with Crippen LogP contribution in [-0.2, 0) is 9.31 Å². The van der Waals surface area contributed by atoms with Crippen LogP contribution in [0.3, 0.4) is 0 Å². The van der Waals surface area contributed by atoms with Crippen molar-refractivity contribution in [1.29, 1.82) is 0 Å². The molecule has 0 spiro atoms. The van der Waals surface area contributed by atoms with Crippen LogP contribution in [0.2, 0.25) is 0 Å². The standard InChI is InChI=1S/C14H18BFO2/c1-13(2)14(3,4)18-15(17-13)10-12(16)11-8-6-5-7-9-11/h5-10H,1-4H3/b12-10+. The van der Waals surface area contributed by atoms with Crippen LogP contribution >= 0.6 is 0 Å². The van der Waals surface area contributed by atoms with E-state index in [2.05, 4.69) is 0 Å². The van der Waals surface area contributed by atoms with Crippen LogP contribution in [0.25, 0.3) is 5.83 Å². The molecule has 0 atom stereocenters. The Labute approximate surface area is 108 Å². The Morgan fingerprint density at radius 3 is 2.06 bits per heavy atom. The second kappa shape index (κ2) is 4.52. The fourth-order valence-corrected chi connectivity index (χ4v) is 1.77. The lowest BCUT2D eigenvalue weighted by Gasteiger charge is -2.32. The van der Waals surface area contributed by atoms with Crippen LogP contribution in [0.15, 0.2) is 36.3 Å². The molecule has 1 aliphatic heterocycles. The Bertz CT molecular complexity index is 438. The van der Waals surface area contributed by atoms with Crippen LogP contribution < -0.4 is 0 Å². The van der Waals surface area contributed by atoms with E-state index in [9.17, 15) is 4.39 Å². The molecule has 0 N–H and O–H groups in total. The van der Waals surface area contributed by atoms with Crippen LogP contribution in [0.1, 0.15) is 33.3 Å². The average Bonchev–Trinajstić information content (AvgIpc) is 2.48. The van der Waals surface area contributed by atoms with E-state index in [0.717, 1.165) is 0 Å². The monoisotopic (exact) mass is 248 g/mol. The van der Waals surface area contributed by atoms with E-state index in [0.29, 0.717) is 5.56 Å². The highest BCUT2D eigenvalue weighted by molar-refractivity contribution is 6.53. The maximum Gasteiger partial charge on any atom is 0.490 e. The number of hydrogen-bond donors (Lipinski definition) is 0. The molecule has 1 heterocycles. The SMILES string of the molecule is CC1(C)OB(/C=C(/F)c2ccccc2)OC1(C)C. The second-order valence-electron chi connectivity index (χ2n) is 5.51. The van der Waals surface area contributed by atoms with Gasteiger partial charge in [-0.25, -0.2) is 4.39 Å². The van der Waals surface area contributed by atoms with Gasteiger partial charge < -0.3 is 9.31 Å². The van der Waals surface area contributed by atoms with Crippen LogP contribution in [0.5, 0.6) is 0 Å². The molecule has 0 saturated carbocycles. The highest BCUT2D eigenvalue weighted by Gasteiger charge is 2.50. The Kier molecular flexibility index (Phi) is 3.34. The zero-order chi connectivity index (χ0) is 13.4. The summed E-state index contributed by atoms with van der Waals surface area (Å²) in [5.41, 5.74) is -0.344. The van der Waals surface area contributed by atoms with E-state index in [4.69, 9.17) is 9.31 Å². The van der Waals surface area contributed by atoms with Crippen molar-refractivity contribution in [3.8, 4) is 0 Å². The smallest absolute Gasteiger partial charge is 0.400 e. The third-order valence-electron chi connectivity index (χ3n) is 3.60. The van der Waals surface area contributed by atoms with Gasteiger partial charge in [0.2, 0.25) is 0 Å². The summed E-state index contributed by atoms with van der Waals surface area (Å²) in [5, 5.41) is 0. The van der Waals surface area contributed by atoms with Crippen molar-refractivity contribution in [2.24, 2.45) is 0 Å². The Morgan fingerprint density at radius 2 is 1.56 bits per heavy atom. The first-order valence-corrected chi connectivity index (χ1v) is 6.10. The van der Waals surface area contributed by atoms with E-state index in [1.807, 2.05) is 33.8 Å². The summed E-state index contributed by atoms with van der Waals surface area (Å²) in [5.74, 6) is 1.06. The molecule has 0 unspecified atom stereocenters. The minimum Gasteiger partial charge on any atom is -0.400 e. The quantitative estimate of drug-likeness (QED) is 0.744. The molecule has 2 rings (SSSR count). The van der Waals surface area contributed by atoms with Gasteiger partial charge in [-0.3, -0.25) is 0 Å². The van der Waals surface area contributed by atoms with Crippen molar-refractivity contribution in [2.45, 2.75) is 38.9 Å². The topological polar surface area (TPSA) is 18.5 Å². The summed E-state index contributed by atoms with van der Waals surface area (Å²) in [6.07, 6.45) is 0. The first-order chi connectivity index (χ1) is 8.32. The molecular formula is C14H18BFO2. The lowest BCUT2D eigenvalue weighted by atomic mass is 9.88. The third kappa shape index (κ3) is 2.50. The van der Waals surface area contributed by atoms with E-state index < -0.39 is 18.3 Å². The highest BCUT2D eigenvalue weighted by Crippen LogP contribution is 2.37. The molecule has 1 fully saturated rings. The summed E-state index contributed by atoms with van der Waals surface area (Å²) in [4.78, 5) is 0. The number of halogens is 1. The van der Waals surface area contributed by atoms with Crippen molar-refractivity contribution < 1.29 is 13.7 Å². The van der Waals surface area contributed by atoms with E-state index in [-0.39, 0.29) is 5.83 Å². The third-order valence-corrected chi connectivity index (χ3v) is 3.60. The van der Waals surface area contributed by atoms with Crippen molar-refractivity contribution in [2.75, 3.05) is 0 Å². The Balaban J connectivity index is 2.17. The van der Waals surface area contributed by atoms with Gasteiger partial charge in [0.15, 0.2) is 0 Å².